The highest BCUT2D eigenvalue weighted by Gasteiger charge is 2.44. The molecule has 2 unspecified atom stereocenters. The minimum Gasteiger partial charge on any atom is -0.468 e. The molecule has 112 valence electrons. The molecule has 0 saturated heterocycles. The van der Waals surface area contributed by atoms with E-state index >= 15 is 0 Å². The van der Waals surface area contributed by atoms with E-state index in [1.165, 1.54) is 12.4 Å². The lowest BCUT2D eigenvalue weighted by Crippen LogP contribution is -2.41. The highest BCUT2D eigenvalue weighted by molar-refractivity contribution is 6.15. The van der Waals surface area contributed by atoms with Crippen LogP contribution in [0.5, 0.6) is 0 Å². The first-order valence-corrected chi connectivity index (χ1v) is 5.90. The molecule has 8 heteroatoms. The quantitative estimate of drug-likeness (QED) is 0.403. The van der Waals surface area contributed by atoms with Gasteiger partial charge < -0.3 is 9.47 Å². The lowest BCUT2D eigenvalue weighted by Gasteiger charge is -2.19. The number of aromatic nitrogens is 2. The highest BCUT2D eigenvalue weighted by Crippen LogP contribution is 2.21. The number of nitrogens with zero attached hydrogens (tertiary/aromatic N) is 2. The topological polar surface area (TPSA) is 113 Å². The second kappa shape index (κ2) is 7.22. The van der Waals surface area contributed by atoms with Crippen molar-refractivity contribution in [2.45, 2.75) is 6.92 Å². The number of methoxy groups -OCH3 is 2. The maximum absolute atomic E-state index is 12.3. The summed E-state index contributed by atoms with van der Waals surface area (Å²) in [6, 6.07) is 0. The molecular weight excluding hydrogens is 280 g/mol. The number of esters is 2. The molecule has 0 aromatic carbocycles. The number of rotatable bonds is 6. The Morgan fingerprint density at radius 3 is 2.00 bits per heavy atom. The predicted molar refractivity (Wildman–Crippen MR) is 68.1 cm³/mol. The van der Waals surface area contributed by atoms with E-state index in [0.29, 0.717) is 0 Å². The lowest BCUT2D eigenvalue weighted by molar-refractivity contribution is -0.158. The zero-order chi connectivity index (χ0) is 16.0. The third-order valence-electron chi connectivity index (χ3n) is 2.78. The molecule has 0 aliphatic rings. The fraction of sp³-hybridized carbons (Fsp3) is 0.385. The van der Waals surface area contributed by atoms with E-state index in [1.807, 2.05) is 0 Å². The molecule has 0 saturated carbocycles. The highest BCUT2D eigenvalue weighted by atomic mass is 16.5. The Morgan fingerprint density at radius 1 is 1.00 bits per heavy atom. The first-order chi connectivity index (χ1) is 9.93. The van der Waals surface area contributed by atoms with Crippen LogP contribution >= 0.6 is 0 Å². The molecule has 0 bridgehead atoms. The van der Waals surface area contributed by atoms with Crippen LogP contribution in [0.3, 0.4) is 0 Å². The molecule has 0 aliphatic carbocycles. The van der Waals surface area contributed by atoms with Crippen molar-refractivity contribution in [1.82, 2.24) is 9.97 Å². The van der Waals surface area contributed by atoms with Crippen LogP contribution < -0.4 is 0 Å². The zero-order valence-corrected chi connectivity index (χ0v) is 11.7. The molecule has 2 atom stereocenters. The van der Waals surface area contributed by atoms with Gasteiger partial charge >= 0.3 is 11.9 Å². The van der Waals surface area contributed by atoms with Gasteiger partial charge in [0.2, 0.25) is 0 Å². The summed E-state index contributed by atoms with van der Waals surface area (Å²) < 4.78 is 8.99. The van der Waals surface area contributed by atoms with Gasteiger partial charge in [-0.3, -0.25) is 24.2 Å². The molecule has 0 N–H and O–H groups in total. The van der Waals surface area contributed by atoms with E-state index in [0.717, 1.165) is 27.3 Å². The van der Waals surface area contributed by atoms with Crippen LogP contribution in [0.2, 0.25) is 0 Å². The van der Waals surface area contributed by atoms with E-state index < -0.39 is 35.3 Å². The summed E-state index contributed by atoms with van der Waals surface area (Å²) in [7, 11) is 2.10. The zero-order valence-electron chi connectivity index (χ0n) is 11.7. The van der Waals surface area contributed by atoms with E-state index in [9.17, 15) is 19.2 Å². The van der Waals surface area contributed by atoms with Gasteiger partial charge in [-0.15, -0.1) is 0 Å². The molecule has 0 amide bonds. The van der Waals surface area contributed by atoms with Gasteiger partial charge in [-0.25, -0.2) is 4.98 Å². The second-order valence-corrected chi connectivity index (χ2v) is 4.07. The van der Waals surface area contributed by atoms with E-state index in [1.54, 1.807) is 0 Å². The van der Waals surface area contributed by atoms with Crippen LogP contribution in [0.25, 0.3) is 0 Å². The first-order valence-electron chi connectivity index (χ1n) is 5.90. The fourth-order valence-electron chi connectivity index (χ4n) is 1.77. The predicted octanol–water partition coefficient (Wildman–Crippen LogP) is -0.173. The second-order valence-electron chi connectivity index (χ2n) is 4.07. The van der Waals surface area contributed by atoms with Crippen LogP contribution in [0.1, 0.15) is 17.4 Å². The minimum atomic E-state index is -1.66. The van der Waals surface area contributed by atoms with Gasteiger partial charge in [0, 0.05) is 12.4 Å². The van der Waals surface area contributed by atoms with Crippen LogP contribution in [-0.2, 0) is 23.9 Å². The molecule has 1 aromatic heterocycles. The Bertz CT molecular complexity index is 557. The number of Topliss-reactive ketones (excluding diaryl/α,β-unsaturated/α-hetero) is 2. The summed E-state index contributed by atoms with van der Waals surface area (Å²) >= 11 is 0. The van der Waals surface area contributed by atoms with Crippen molar-refractivity contribution in [3.63, 3.8) is 0 Å². The van der Waals surface area contributed by atoms with Crippen molar-refractivity contribution in [2.24, 2.45) is 11.8 Å². The Labute approximate surface area is 120 Å². The standard InChI is InChI=1S/C13H14N2O6/c1-7(16)9(12(18)20-2)10(13(19)21-3)11(17)8-6-14-4-5-15-8/h4-6,9-10H,1-3H3. The molecule has 0 aliphatic heterocycles. The van der Waals surface area contributed by atoms with Crippen molar-refractivity contribution >= 4 is 23.5 Å². The molecule has 1 rings (SSSR count). The number of ether oxygens (including phenoxy) is 2. The maximum Gasteiger partial charge on any atom is 0.318 e. The average molecular weight is 294 g/mol. The Hall–Kier alpha value is -2.64. The summed E-state index contributed by atoms with van der Waals surface area (Å²) in [5.41, 5.74) is -0.150. The first kappa shape index (κ1) is 16.4. The SMILES string of the molecule is COC(=O)C(C(C)=O)C(C(=O)OC)C(=O)c1cnccn1. The van der Waals surface area contributed by atoms with Gasteiger partial charge in [0.25, 0.3) is 0 Å². The smallest absolute Gasteiger partial charge is 0.318 e. The Kier molecular flexibility index (Phi) is 5.65. The van der Waals surface area contributed by atoms with E-state index in [-0.39, 0.29) is 5.69 Å². The Balaban J connectivity index is 3.28. The van der Waals surface area contributed by atoms with Gasteiger partial charge in [-0.05, 0) is 6.92 Å². The minimum absolute atomic E-state index is 0.150. The molecule has 0 radical (unpaired) electrons. The summed E-state index contributed by atoms with van der Waals surface area (Å²) in [6.45, 7) is 1.08. The van der Waals surface area contributed by atoms with Gasteiger partial charge in [0.1, 0.15) is 23.3 Å². The van der Waals surface area contributed by atoms with Gasteiger partial charge in [-0.2, -0.15) is 0 Å². The summed E-state index contributed by atoms with van der Waals surface area (Å²) in [4.78, 5) is 55.0. The lowest BCUT2D eigenvalue weighted by atomic mass is 9.84. The van der Waals surface area contributed by atoms with Crippen molar-refractivity contribution in [3.8, 4) is 0 Å². The number of hydrogen-bond acceptors (Lipinski definition) is 8. The van der Waals surface area contributed by atoms with Gasteiger partial charge in [0.15, 0.2) is 5.78 Å². The van der Waals surface area contributed by atoms with Crippen molar-refractivity contribution in [1.29, 1.82) is 0 Å². The monoisotopic (exact) mass is 294 g/mol. The third-order valence-corrected chi connectivity index (χ3v) is 2.78. The third kappa shape index (κ3) is 3.68. The van der Waals surface area contributed by atoms with E-state index in [4.69, 9.17) is 0 Å². The maximum atomic E-state index is 12.3. The van der Waals surface area contributed by atoms with Crippen molar-refractivity contribution < 1.29 is 28.7 Å². The number of ketones is 2. The largest absolute Gasteiger partial charge is 0.468 e. The van der Waals surface area contributed by atoms with Crippen molar-refractivity contribution in [2.75, 3.05) is 14.2 Å². The summed E-state index contributed by atoms with van der Waals surface area (Å²) in [5, 5.41) is 0. The molecule has 21 heavy (non-hydrogen) atoms. The summed E-state index contributed by atoms with van der Waals surface area (Å²) in [5.74, 6) is -6.77. The molecule has 0 spiro atoms. The van der Waals surface area contributed by atoms with E-state index in [2.05, 4.69) is 19.4 Å². The van der Waals surface area contributed by atoms with Crippen LogP contribution in [-0.4, -0.2) is 47.7 Å². The van der Waals surface area contributed by atoms with Crippen LogP contribution in [0, 0.1) is 11.8 Å². The van der Waals surface area contributed by atoms with Crippen LogP contribution in [0.15, 0.2) is 18.6 Å². The average Bonchev–Trinajstić information content (AvgIpc) is 2.50. The number of hydrogen-bond donors (Lipinski definition) is 0. The van der Waals surface area contributed by atoms with Crippen LogP contribution in [0.4, 0.5) is 0 Å². The van der Waals surface area contributed by atoms with Gasteiger partial charge in [-0.1, -0.05) is 0 Å². The Morgan fingerprint density at radius 2 is 1.57 bits per heavy atom. The fourth-order valence-corrected chi connectivity index (χ4v) is 1.77. The normalized spacial score (nSPS) is 12.9. The number of carbonyl (C=O) groups excluding carboxylic acids is 4. The molecule has 8 nitrogen and oxygen atoms in total. The summed E-state index contributed by atoms with van der Waals surface area (Å²) in [6.07, 6.45) is 3.72. The molecule has 1 aromatic rings. The van der Waals surface area contributed by atoms with Crippen molar-refractivity contribution in [3.05, 3.63) is 24.3 Å². The molecular formula is C13H14N2O6. The molecule has 0 fully saturated rings. The van der Waals surface area contributed by atoms with Gasteiger partial charge in [0.05, 0.1) is 20.4 Å². The molecule has 1 heterocycles. The number of carbonyl (C=O) groups is 4.